The fourth-order valence-electron chi connectivity index (χ4n) is 2.96. The van der Waals surface area contributed by atoms with Gasteiger partial charge in [-0.25, -0.2) is 0 Å². The highest BCUT2D eigenvalue weighted by Crippen LogP contribution is 2.30. The van der Waals surface area contributed by atoms with Crippen LogP contribution in [0.15, 0.2) is 42.5 Å². The van der Waals surface area contributed by atoms with Gasteiger partial charge in [0.15, 0.2) is 18.1 Å². The molecular weight excluding hydrogens is 424 g/mol. The molecule has 0 aromatic heterocycles. The normalized spacial score (nSPS) is 12.2. The Labute approximate surface area is 181 Å². The van der Waals surface area contributed by atoms with Crippen LogP contribution in [-0.4, -0.2) is 53.2 Å². The lowest BCUT2D eigenvalue weighted by molar-refractivity contribution is -0.385. The van der Waals surface area contributed by atoms with E-state index in [0.29, 0.717) is 23.0 Å². The number of benzene rings is 2. The van der Waals surface area contributed by atoms with Gasteiger partial charge in [-0.1, -0.05) is 18.2 Å². The molecule has 0 aliphatic carbocycles. The molecule has 166 valence electrons. The predicted octanol–water partition coefficient (Wildman–Crippen LogP) is 0.816. The van der Waals surface area contributed by atoms with Crippen molar-refractivity contribution in [1.29, 1.82) is 0 Å². The Balaban J connectivity index is 1.54. The molecule has 0 fully saturated rings. The van der Waals surface area contributed by atoms with Crippen LogP contribution in [0, 0.1) is 10.1 Å². The number of nitro groups is 1. The zero-order chi connectivity index (χ0) is 23.3. The molecule has 2 aromatic carbocycles. The molecule has 0 saturated carbocycles. The van der Waals surface area contributed by atoms with E-state index in [2.05, 4.69) is 10.9 Å². The first-order valence-electron chi connectivity index (χ1n) is 9.39. The zero-order valence-corrected chi connectivity index (χ0v) is 16.8. The Morgan fingerprint density at radius 2 is 1.62 bits per heavy atom. The topological polar surface area (TPSA) is 157 Å². The number of fused-ring (bicyclic) bond motifs is 1. The van der Waals surface area contributed by atoms with Crippen molar-refractivity contribution < 1.29 is 33.6 Å². The van der Waals surface area contributed by atoms with Gasteiger partial charge in [-0.15, -0.1) is 0 Å². The van der Waals surface area contributed by atoms with Crippen LogP contribution in [-0.2, 0) is 9.59 Å². The Bertz CT molecular complexity index is 1100. The van der Waals surface area contributed by atoms with Crippen molar-refractivity contribution in [3.63, 3.8) is 0 Å². The first-order chi connectivity index (χ1) is 15.3. The summed E-state index contributed by atoms with van der Waals surface area (Å²) in [6.45, 7) is 1.02. The van der Waals surface area contributed by atoms with Crippen LogP contribution in [0.4, 0.5) is 5.69 Å². The van der Waals surface area contributed by atoms with E-state index in [0.717, 1.165) is 6.07 Å². The first-order valence-corrected chi connectivity index (χ1v) is 9.39. The number of hydrogen-bond donors (Lipinski definition) is 2. The molecule has 12 heteroatoms. The second kappa shape index (κ2) is 9.55. The number of carbonyl (C=O) groups is 4. The highest BCUT2D eigenvalue weighted by Gasteiger charge is 2.41. The van der Waals surface area contributed by atoms with Gasteiger partial charge in [0.2, 0.25) is 0 Å². The van der Waals surface area contributed by atoms with Crippen LogP contribution < -0.4 is 20.3 Å². The number of ether oxygens (including phenoxy) is 2. The van der Waals surface area contributed by atoms with E-state index >= 15 is 0 Å². The molecule has 0 bridgehead atoms. The molecule has 3 rings (SSSR count). The van der Waals surface area contributed by atoms with E-state index in [4.69, 9.17) is 9.47 Å². The maximum atomic E-state index is 12.5. The molecule has 0 spiro atoms. The molecule has 1 aliphatic rings. The predicted molar refractivity (Wildman–Crippen MR) is 108 cm³/mol. The summed E-state index contributed by atoms with van der Waals surface area (Å²) in [5.41, 5.74) is 3.09. The fraction of sp³-hybridized carbons (Fsp3) is 0.200. The van der Waals surface area contributed by atoms with Gasteiger partial charge in [0, 0.05) is 6.07 Å². The van der Waals surface area contributed by atoms with Crippen LogP contribution in [0.25, 0.3) is 0 Å². The maximum absolute atomic E-state index is 12.5. The number of carbonyl (C=O) groups excluding carboxylic acids is 4. The standard InChI is InChI=1S/C20H18N4O8/c1-2-31-14-8-3-4-9-15(14)32-11-17(26)22-21-16(25)10-23-19(27)12-6-5-7-13(24(29)30)18(12)20(23)28/h3-9H,2,10-11H2,1H3,(H,21,25)(H,22,26). The molecule has 0 atom stereocenters. The van der Waals surface area contributed by atoms with Gasteiger partial charge in [0.1, 0.15) is 12.1 Å². The van der Waals surface area contributed by atoms with E-state index in [1.54, 1.807) is 31.2 Å². The number of nitrogens with one attached hydrogen (secondary N) is 2. The smallest absolute Gasteiger partial charge is 0.282 e. The number of hydrazine groups is 1. The highest BCUT2D eigenvalue weighted by molar-refractivity contribution is 6.24. The Morgan fingerprint density at radius 3 is 2.28 bits per heavy atom. The molecule has 1 heterocycles. The summed E-state index contributed by atoms with van der Waals surface area (Å²) in [6, 6.07) is 10.4. The van der Waals surface area contributed by atoms with E-state index < -0.39 is 47.4 Å². The van der Waals surface area contributed by atoms with Crippen molar-refractivity contribution in [3.8, 4) is 11.5 Å². The van der Waals surface area contributed by atoms with Gasteiger partial charge in [0.25, 0.3) is 29.3 Å². The van der Waals surface area contributed by atoms with Crippen molar-refractivity contribution in [1.82, 2.24) is 15.8 Å². The van der Waals surface area contributed by atoms with Gasteiger partial charge in [-0.05, 0) is 25.1 Å². The molecule has 0 radical (unpaired) electrons. The monoisotopic (exact) mass is 442 g/mol. The Kier molecular flexibility index (Phi) is 6.63. The van der Waals surface area contributed by atoms with Crippen molar-refractivity contribution in [2.24, 2.45) is 0 Å². The lowest BCUT2D eigenvalue weighted by Crippen LogP contribution is -2.48. The summed E-state index contributed by atoms with van der Waals surface area (Å²) in [6.07, 6.45) is 0. The molecule has 12 nitrogen and oxygen atoms in total. The lowest BCUT2D eigenvalue weighted by atomic mass is 10.1. The highest BCUT2D eigenvalue weighted by atomic mass is 16.6. The van der Waals surface area contributed by atoms with Gasteiger partial charge in [-0.3, -0.25) is 45.0 Å². The average Bonchev–Trinajstić information content (AvgIpc) is 3.02. The van der Waals surface area contributed by atoms with Crippen molar-refractivity contribution in [3.05, 3.63) is 63.7 Å². The minimum atomic E-state index is -0.963. The van der Waals surface area contributed by atoms with Crippen LogP contribution in [0.5, 0.6) is 11.5 Å². The number of nitro benzene ring substituents is 1. The maximum Gasteiger partial charge on any atom is 0.282 e. The number of rotatable bonds is 8. The molecule has 0 unspecified atom stereocenters. The number of imide groups is 1. The summed E-state index contributed by atoms with van der Waals surface area (Å²) in [5, 5.41) is 11.1. The Morgan fingerprint density at radius 1 is 0.969 bits per heavy atom. The molecule has 32 heavy (non-hydrogen) atoms. The lowest BCUT2D eigenvalue weighted by Gasteiger charge is -2.14. The number of amides is 4. The largest absolute Gasteiger partial charge is 0.490 e. The molecule has 2 N–H and O–H groups in total. The third-order valence-corrected chi connectivity index (χ3v) is 4.32. The van der Waals surface area contributed by atoms with E-state index in [-0.39, 0.29) is 11.1 Å². The third-order valence-electron chi connectivity index (χ3n) is 4.32. The minimum Gasteiger partial charge on any atom is -0.490 e. The fourth-order valence-corrected chi connectivity index (χ4v) is 2.96. The quantitative estimate of drug-likeness (QED) is 0.345. The average molecular weight is 442 g/mol. The van der Waals surface area contributed by atoms with Crippen molar-refractivity contribution in [2.75, 3.05) is 19.8 Å². The van der Waals surface area contributed by atoms with Crippen molar-refractivity contribution >= 4 is 29.3 Å². The minimum absolute atomic E-state index is 0.164. The van der Waals surface area contributed by atoms with Crippen LogP contribution >= 0.6 is 0 Å². The summed E-state index contributed by atoms with van der Waals surface area (Å²) in [4.78, 5) is 59.8. The second-order valence-corrected chi connectivity index (χ2v) is 6.42. The second-order valence-electron chi connectivity index (χ2n) is 6.42. The molecule has 4 amide bonds. The van der Waals surface area contributed by atoms with Gasteiger partial charge in [0.05, 0.1) is 17.1 Å². The third kappa shape index (κ3) is 4.64. The number of nitrogens with zero attached hydrogens (tertiary/aromatic N) is 2. The first kappa shape index (κ1) is 22.2. The van der Waals surface area contributed by atoms with Crippen LogP contribution in [0.1, 0.15) is 27.6 Å². The van der Waals surface area contributed by atoms with Gasteiger partial charge in [-0.2, -0.15) is 0 Å². The van der Waals surface area contributed by atoms with E-state index in [1.807, 2.05) is 0 Å². The van der Waals surface area contributed by atoms with Gasteiger partial charge < -0.3 is 9.47 Å². The summed E-state index contributed by atoms with van der Waals surface area (Å²) < 4.78 is 10.7. The molecule has 1 aliphatic heterocycles. The van der Waals surface area contributed by atoms with E-state index in [9.17, 15) is 29.3 Å². The molecular formula is C20H18N4O8. The van der Waals surface area contributed by atoms with Crippen LogP contribution in [0.2, 0.25) is 0 Å². The summed E-state index contributed by atoms with van der Waals surface area (Å²) in [7, 11) is 0. The summed E-state index contributed by atoms with van der Waals surface area (Å²) >= 11 is 0. The Hall–Kier alpha value is -4.48. The number of hydrogen-bond acceptors (Lipinski definition) is 8. The van der Waals surface area contributed by atoms with Crippen LogP contribution in [0.3, 0.4) is 0 Å². The van der Waals surface area contributed by atoms with Crippen molar-refractivity contribution in [2.45, 2.75) is 6.92 Å². The SMILES string of the molecule is CCOc1ccccc1OCC(=O)NNC(=O)CN1C(=O)c2cccc([N+](=O)[O-])c2C1=O. The van der Waals surface area contributed by atoms with E-state index in [1.165, 1.54) is 12.1 Å². The number of para-hydroxylation sites is 2. The molecule has 2 aromatic rings. The zero-order valence-electron chi connectivity index (χ0n) is 16.8. The van der Waals surface area contributed by atoms with Gasteiger partial charge >= 0.3 is 0 Å². The molecule has 0 saturated heterocycles. The summed E-state index contributed by atoms with van der Waals surface area (Å²) in [5.74, 6) is -2.61.